The highest BCUT2D eigenvalue weighted by Gasteiger charge is 2.20. The van der Waals surface area contributed by atoms with E-state index in [2.05, 4.69) is 10.4 Å². The van der Waals surface area contributed by atoms with Crippen molar-refractivity contribution in [1.29, 1.82) is 0 Å². The molecule has 31 heavy (non-hydrogen) atoms. The number of rotatable bonds is 6. The molecule has 2 aromatic heterocycles. The number of carbonyl (C=O) groups is 1. The van der Waals surface area contributed by atoms with Crippen LogP contribution in [0.25, 0.3) is 17.1 Å². The van der Waals surface area contributed by atoms with Crippen molar-refractivity contribution < 1.29 is 14.1 Å². The molecule has 0 radical (unpaired) electrons. The molecule has 1 N–H and O–H groups in total. The number of amides is 1. The smallest absolute Gasteiger partial charge is 0.271 e. The number of nitrogens with zero attached hydrogens (tertiary/aromatic N) is 4. The van der Waals surface area contributed by atoms with Crippen molar-refractivity contribution in [2.75, 3.05) is 0 Å². The van der Waals surface area contributed by atoms with Crippen LogP contribution in [0.2, 0.25) is 0 Å². The number of nitro benzene ring substituents is 1. The van der Waals surface area contributed by atoms with Gasteiger partial charge in [0.05, 0.1) is 16.3 Å². The van der Waals surface area contributed by atoms with E-state index in [1.165, 1.54) is 35.0 Å². The number of non-ortho nitro benzene ring substituents is 1. The Bertz CT molecular complexity index is 1260. The predicted molar refractivity (Wildman–Crippen MR) is 112 cm³/mol. The van der Waals surface area contributed by atoms with Crippen molar-refractivity contribution >= 4 is 11.6 Å². The molecule has 0 saturated carbocycles. The van der Waals surface area contributed by atoms with E-state index in [0.29, 0.717) is 11.4 Å². The molecule has 0 saturated heterocycles. The van der Waals surface area contributed by atoms with Crippen molar-refractivity contribution in [3.05, 3.63) is 100 Å². The lowest BCUT2D eigenvalue weighted by Crippen LogP contribution is -2.25. The molecule has 0 unspecified atom stereocenters. The van der Waals surface area contributed by atoms with Gasteiger partial charge in [-0.3, -0.25) is 14.9 Å². The summed E-state index contributed by atoms with van der Waals surface area (Å²) in [4.78, 5) is 23.7. The molecule has 0 aliphatic carbocycles. The second-order valence-electron chi connectivity index (χ2n) is 6.92. The average Bonchev–Trinajstić information content (AvgIpc) is 3.39. The standard InChI is InChI=1S/C22H18FN5O3/c1-26-11-3-6-20(26)19-13-21(22(29)24-14-15-7-9-16(23)10-8-15)27(25-19)17-4-2-5-18(12-17)28(30)31/h2-13H,14H2,1H3,(H,24,29). The van der Waals surface area contributed by atoms with Crippen molar-refractivity contribution in [2.45, 2.75) is 6.54 Å². The fraction of sp³-hybridized carbons (Fsp3) is 0.0909. The van der Waals surface area contributed by atoms with Gasteiger partial charge < -0.3 is 9.88 Å². The van der Waals surface area contributed by atoms with Gasteiger partial charge in [-0.15, -0.1) is 0 Å². The predicted octanol–water partition coefficient (Wildman–Crippen LogP) is 3.86. The highest BCUT2D eigenvalue weighted by Crippen LogP contribution is 2.24. The van der Waals surface area contributed by atoms with Crippen LogP contribution in [0.15, 0.2) is 72.9 Å². The third-order valence-electron chi connectivity index (χ3n) is 4.80. The van der Waals surface area contributed by atoms with Crippen molar-refractivity contribution in [3.8, 4) is 17.1 Å². The summed E-state index contributed by atoms with van der Waals surface area (Å²) in [6.45, 7) is 0.193. The highest BCUT2D eigenvalue weighted by atomic mass is 19.1. The molecule has 1 amide bonds. The van der Waals surface area contributed by atoms with E-state index in [4.69, 9.17) is 0 Å². The third-order valence-corrected chi connectivity index (χ3v) is 4.80. The van der Waals surface area contributed by atoms with E-state index < -0.39 is 10.8 Å². The summed E-state index contributed by atoms with van der Waals surface area (Å²) in [7, 11) is 1.86. The maximum Gasteiger partial charge on any atom is 0.271 e. The summed E-state index contributed by atoms with van der Waals surface area (Å²) >= 11 is 0. The Kier molecular flexibility index (Phi) is 5.31. The largest absolute Gasteiger partial charge is 0.349 e. The molecule has 156 valence electrons. The number of hydrogen-bond acceptors (Lipinski definition) is 4. The molecular formula is C22H18FN5O3. The number of hydrogen-bond donors (Lipinski definition) is 1. The number of halogens is 1. The molecule has 0 bridgehead atoms. The zero-order chi connectivity index (χ0) is 22.0. The van der Waals surface area contributed by atoms with Crippen LogP contribution in [0.3, 0.4) is 0 Å². The van der Waals surface area contributed by atoms with E-state index in [-0.39, 0.29) is 23.7 Å². The summed E-state index contributed by atoms with van der Waals surface area (Å²) in [5.41, 5.74) is 2.58. The van der Waals surface area contributed by atoms with Gasteiger partial charge in [-0.2, -0.15) is 5.10 Å². The topological polar surface area (TPSA) is 95.0 Å². The van der Waals surface area contributed by atoms with E-state index in [0.717, 1.165) is 11.3 Å². The second-order valence-corrected chi connectivity index (χ2v) is 6.92. The van der Waals surface area contributed by atoms with Gasteiger partial charge in [0.2, 0.25) is 0 Å². The van der Waals surface area contributed by atoms with E-state index >= 15 is 0 Å². The summed E-state index contributed by atoms with van der Waals surface area (Å²) < 4.78 is 16.3. The SMILES string of the molecule is Cn1cccc1-c1cc(C(=O)NCc2ccc(F)cc2)n(-c2cccc([N+](=O)[O-])c2)n1. The van der Waals surface area contributed by atoms with Gasteiger partial charge in [0.15, 0.2) is 0 Å². The molecule has 0 atom stereocenters. The van der Waals surface area contributed by atoms with Gasteiger partial charge in [0.1, 0.15) is 17.2 Å². The Morgan fingerprint density at radius 2 is 1.90 bits per heavy atom. The molecule has 0 fully saturated rings. The number of aryl methyl sites for hydroxylation is 1. The van der Waals surface area contributed by atoms with Crippen molar-refractivity contribution in [1.82, 2.24) is 19.7 Å². The summed E-state index contributed by atoms with van der Waals surface area (Å²) in [5, 5.41) is 18.5. The number of aromatic nitrogens is 3. The van der Waals surface area contributed by atoms with Gasteiger partial charge in [-0.1, -0.05) is 18.2 Å². The Labute approximate surface area is 176 Å². The number of benzene rings is 2. The van der Waals surface area contributed by atoms with E-state index in [1.54, 1.807) is 24.3 Å². The van der Waals surface area contributed by atoms with Crippen LogP contribution in [0.4, 0.5) is 10.1 Å². The van der Waals surface area contributed by atoms with E-state index in [9.17, 15) is 19.3 Å². The molecule has 4 aromatic rings. The van der Waals surface area contributed by atoms with E-state index in [1.807, 2.05) is 29.9 Å². The van der Waals surface area contributed by atoms with Crippen LogP contribution in [0, 0.1) is 15.9 Å². The molecule has 8 nitrogen and oxygen atoms in total. The average molecular weight is 419 g/mol. The molecule has 2 heterocycles. The zero-order valence-corrected chi connectivity index (χ0v) is 16.5. The Balaban J connectivity index is 1.71. The summed E-state index contributed by atoms with van der Waals surface area (Å²) in [6, 6.07) is 17.1. The monoisotopic (exact) mass is 419 g/mol. The first-order chi connectivity index (χ1) is 14.9. The first kappa shape index (κ1) is 20.0. The minimum atomic E-state index is -0.501. The minimum absolute atomic E-state index is 0.105. The van der Waals surface area contributed by atoms with Gasteiger partial charge in [0, 0.05) is 31.9 Å². The lowest BCUT2D eigenvalue weighted by Gasteiger charge is -2.08. The zero-order valence-electron chi connectivity index (χ0n) is 16.5. The Morgan fingerprint density at radius 3 is 2.58 bits per heavy atom. The fourth-order valence-corrected chi connectivity index (χ4v) is 3.21. The molecule has 0 aliphatic heterocycles. The minimum Gasteiger partial charge on any atom is -0.349 e. The lowest BCUT2D eigenvalue weighted by atomic mass is 10.2. The van der Waals surface area contributed by atoms with Crippen LogP contribution in [0.1, 0.15) is 16.1 Å². The van der Waals surface area contributed by atoms with Crippen molar-refractivity contribution in [3.63, 3.8) is 0 Å². The Hall–Kier alpha value is -4.27. The van der Waals surface area contributed by atoms with Gasteiger partial charge >= 0.3 is 0 Å². The molecular weight excluding hydrogens is 401 g/mol. The van der Waals surface area contributed by atoms with Gasteiger partial charge in [-0.25, -0.2) is 9.07 Å². The second kappa shape index (κ2) is 8.23. The van der Waals surface area contributed by atoms with Crippen LogP contribution >= 0.6 is 0 Å². The maximum absolute atomic E-state index is 13.1. The number of carbonyl (C=O) groups excluding carboxylic acids is 1. The van der Waals surface area contributed by atoms with Crippen LogP contribution in [0.5, 0.6) is 0 Å². The molecule has 0 aliphatic rings. The summed E-state index contributed by atoms with van der Waals surface area (Å²) in [6.07, 6.45) is 1.86. The van der Waals surface area contributed by atoms with Crippen molar-refractivity contribution in [2.24, 2.45) is 7.05 Å². The van der Waals surface area contributed by atoms with Crippen LogP contribution < -0.4 is 5.32 Å². The lowest BCUT2D eigenvalue weighted by molar-refractivity contribution is -0.384. The third kappa shape index (κ3) is 4.20. The molecule has 4 rings (SSSR count). The Morgan fingerprint density at radius 1 is 1.13 bits per heavy atom. The maximum atomic E-state index is 13.1. The molecule has 0 spiro atoms. The molecule has 2 aromatic carbocycles. The first-order valence-corrected chi connectivity index (χ1v) is 9.41. The van der Waals surface area contributed by atoms with Gasteiger partial charge in [0.25, 0.3) is 11.6 Å². The molecule has 9 heteroatoms. The number of nitro groups is 1. The van der Waals surface area contributed by atoms with Gasteiger partial charge in [-0.05, 0) is 42.0 Å². The van der Waals surface area contributed by atoms with Crippen LogP contribution in [-0.4, -0.2) is 25.2 Å². The first-order valence-electron chi connectivity index (χ1n) is 9.41. The normalized spacial score (nSPS) is 10.8. The van der Waals surface area contributed by atoms with Crippen LogP contribution in [-0.2, 0) is 13.6 Å². The fourth-order valence-electron chi connectivity index (χ4n) is 3.21. The summed E-state index contributed by atoms with van der Waals surface area (Å²) in [5.74, 6) is -0.769. The number of nitrogens with one attached hydrogen (secondary N) is 1. The quantitative estimate of drug-likeness (QED) is 0.379. The highest BCUT2D eigenvalue weighted by molar-refractivity contribution is 5.94.